The number of amides is 1. The molecule has 0 saturated heterocycles. The Kier molecular flexibility index (Phi) is 3.25. The van der Waals surface area contributed by atoms with Gasteiger partial charge in [-0.05, 0) is 18.9 Å². The van der Waals surface area contributed by atoms with E-state index in [-0.39, 0.29) is 18.0 Å². The Morgan fingerprint density at radius 1 is 1.26 bits per heavy atom. The van der Waals surface area contributed by atoms with Crippen molar-refractivity contribution < 1.29 is 4.79 Å². The molecule has 0 unspecified atom stereocenters. The van der Waals surface area contributed by atoms with E-state index >= 15 is 0 Å². The SMILES string of the molecule is N[C@@H]1CCCC[C@H]1NC(=O)c1c[nH]c2ccccc12. The molecule has 0 spiro atoms. The van der Waals surface area contributed by atoms with Crippen LogP contribution in [0.25, 0.3) is 10.9 Å². The highest BCUT2D eigenvalue weighted by Crippen LogP contribution is 2.20. The van der Waals surface area contributed by atoms with Crippen LogP contribution in [-0.4, -0.2) is 23.0 Å². The fraction of sp³-hybridized carbons (Fsp3) is 0.400. The van der Waals surface area contributed by atoms with Crippen molar-refractivity contribution in [3.63, 3.8) is 0 Å². The number of fused-ring (bicyclic) bond motifs is 1. The van der Waals surface area contributed by atoms with Gasteiger partial charge in [0.15, 0.2) is 0 Å². The maximum Gasteiger partial charge on any atom is 0.253 e. The highest BCUT2D eigenvalue weighted by atomic mass is 16.1. The van der Waals surface area contributed by atoms with Crippen molar-refractivity contribution >= 4 is 16.8 Å². The monoisotopic (exact) mass is 257 g/mol. The minimum atomic E-state index is -0.0280. The number of carbonyl (C=O) groups excluding carboxylic acids is 1. The van der Waals surface area contributed by atoms with Crippen LogP contribution in [0.15, 0.2) is 30.5 Å². The molecule has 100 valence electrons. The molecule has 1 fully saturated rings. The van der Waals surface area contributed by atoms with Gasteiger partial charge in [-0.1, -0.05) is 31.0 Å². The molecule has 4 nitrogen and oxygen atoms in total. The summed E-state index contributed by atoms with van der Waals surface area (Å²) in [5.74, 6) is -0.0280. The first-order valence-corrected chi connectivity index (χ1v) is 6.88. The number of hydrogen-bond acceptors (Lipinski definition) is 2. The summed E-state index contributed by atoms with van der Waals surface area (Å²) >= 11 is 0. The fourth-order valence-electron chi connectivity index (χ4n) is 2.84. The molecule has 1 aliphatic carbocycles. The van der Waals surface area contributed by atoms with Gasteiger partial charge in [0.1, 0.15) is 0 Å². The van der Waals surface area contributed by atoms with Crippen molar-refractivity contribution in [2.24, 2.45) is 5.73 Å². The van der Waals surface area contributed by atoms with Crippen molar-refractivity contribution in [1.82, 2.24) is 10.3 Å². The molecular formula is C15H19N3O. The summed E-state index contributed by atoms with van der Waals surface area (Å²) in [6.45, 7) is 0. The summed E-state index contributed by atoms with van der Waals surface area (Å²) in [6.07, 6.45) is 6.07. The third-order valence-corrected chi connectivity index (χ3v) is 3.97. The number of carbonyl (C=O) groups is 1. The molecule has 4 N–H and O–H groups in total. The molecular weight excluding hydrogens is 238 g/mol. The van der Waals surface area contributed by atoms with Crippen molar-refractivity contribution in [1.29, 1.82) is 0 Å². The van der Waals surface area contributed by atoms with Crippen molar-refractivity contribution in [2.75, 3.05) is 0 Å². The minimum Gasteiger partial charge on any atom is -0.360 e. The van der Waals surface area contributed by atoms with Crippen molar-refractivity contribution in [3.05, 3.63) is 36.0 Å². The molecule has 2 aromatic rings. The van der Waals surface area contributed by atoms with E-state index in [9.17, 15) is 4.79 Å². The maximum absolute atomic E-state index is 12.3. The second-order valence-corrected chi connectivity index (χ2v) is 5.28. The van der Waals surface area contributed by atoms with Crippen LogP contribution >= 0.6 is 0 Å². The number of para-hydroxylation sites is 1. The number of hydrogen-bond donors (Lipinski definition) is 3. The Labute approximate surface area is 112 Å². The Morgan fingerprint density at radius 2 is 2.05 bits per heavy atom. The van der Waals surface area contributed by atoms with Gasteiger partial charge < -0.3 is 16.0 Å². The number of benzene rings is 1. The first-order valence-electron chi connectivity index (χ1n) is 6.88. The summed E-state index contributed by atoms with van der Waals surface area (Å²) in [6, 6.07) is 8.02. The number of nitrogens with one attached hydrogen (secondary N) is 2. The molecule has 0 radical (unpaired) electrons. The number of aromatic nitrogens is 1. The Hall–Kier alpha value is -1.81. The van der Waals surface area contributed by atoms with E-state index in [1.54, 1.807) is 6.20 Å². The van der Waals surface area contributed by atoms with Crippen molar-refractivity contribution in [2.45, 2.75) is 37.8 Å². The van der Waals surface area contributed by atoms with Gasteiger partial charge in [-0.25, -0.2) is 0 Å². The highest BCUT2D eigenvalue weighted by Gasteiger charge is 2.24. The third kappa shape index (κ3) is 2.36. The van der Waals surface area contributed by atoms with Crippen LogP contribution in [0, 0.1) is 0 Å². The van der Waals surface area contributed by atoms with Gasteiger partial charge in [0.2, 0.25) is 0 Å². The predicted octanol–water partition coefficient (Wildman–Crippen LogP) is 2.17. The average Bonchev–Trinajstić information content (AvgIpc) is 2.85. The summed E-state index contributed by atoms with van der Waals surface area (Å²) in [7, 11) is 0. The number of rotatable bonds is 2. The molecule has 1 aromatic carbocycles. The zero-order valence-electron chi connectivity index (χ0n) is 10.9. The maximum atomic E-state index is 12.3. The summed E-state index contributed by atoms with van der Waals surface area (Å²) < 4.78 is 0. The van der Waals surface area contributed by atoms with Crippen LogP contribution in [-0.2, 0) is 0 Å². The second kappa shape index (κ2) is 5.05. The number of H-pyrrole nitrogens is 1. The van der Waals surface area contributed by atoms with E-state index in [2.05, 4.69) is 10.3 Å². The quantitative estimate of drug-likeness (QED) is 0.771. The number of aromatic amines is 1. The molecule has 4 heteroatoms. The average molecular weight is 257 g/mol. The molecule has 1 aromatic heterocycles. The van der Waals surface area contributed by atoms with Crippen LogP contribution in [0.5, 0.6) is 0 Å². The lowest BCUT2D eigenvalue weighted by Crippen LogP contribution is -2.49. The zero-order chi connectivity index (χ0) is 13.2. The lowest BCUT2D eigenvalue weighted by molar-refractivity contribution is 0.0923. The molecule has 1 saturated carbocycles. The van der Waals surface area contributed by atoms with Crippen molar-refractivity contribution in [3.8, 4) is 0 Å². The van der Waals surface area contributed by atoms with Crippen LogP contribution in [0.1, 0.15) is 36.0 Å². The summed E-state index contributed by atoms with van der Waals surface area (Å²) in [5, 5.41) is 4.04. The number of nitrogens with two attached hydrogens (primary N) is 1. The van der Waals surface area contributed by atoms with Crippen LogP contribution in [0.4, 0.5) is 0 Å². The Bertz CT molecular complexity index is 590. The van der Waals surface area contributed by atoms with Gasteiger partial charge in [0.25, 0.3) is 5.91 Å². The molecule has 2 atom stereocenters. The van der Waals surface area contributed by atoms with Gasteiger partial charge in [-0.15, -0.1) is 0 Å². The van der Waals surface area contributed by atoms with E-state index in [1.165, 1.54) is 6.42 Å². The van der Waals surface area contributed by atoms with E-state index < -0.39 is 0 Å². The fourth-order valence-corrected chi connectivity index (χ4v) is 2.84. The van der Waals surface area contributed by atoms with Crippen LogP contribution in [0.2, 0.25) is 0 Å². The molecule has 0 bridgehead atoms. The summed E-state index contributed by atoms with van der Waals surface area (Å²) in [4.78, 5) is 15.5. The van der Waals surface area contributed by atoms with Gasteiger partial charge in [-0.3, -0.25) is 4.79 Å². The Balaban J connectivity index is 1.80. The molecule has 0 aliphatic heterocycles. The largest absolute Gasteiger partial charge is 0.360 e. The van der Waals surface area contributed by atoms with E-state index in [0.717, 1.165) is 30.2 Å². The molecule has 1 amide bonds. The minimum absolute atomic E-state index is 0.0280. The normalized spacial score (nSPS) is 23.4. The van der Waals surface area contributed by atoms with E-state index in [0.29, 0.717) is 5.56 Å². The van der Waals surface area contributed by atoms with Crippen LogP contribution in [0.3, 0.4) is 0 Å². The molecule has 3 rings (SSSR count). The summed E-state index contributed by atoms with van der Waals surface area (Å²) in [5.41, 5.74) is 7.76. The van der Waals surface area contributed by atoms with Gasteiger partial charge >= 0.3 is 0 Å². The topological polar surface area (TPSA) is 70.9 Å². The molecule has 1 aliphatic rings. The van der Waals surface area contributed by atoms with Gasteiger partial charge in [0.05, 0.1) is 5.56 Å². The van der Waals surface area contributed by atoms with Gasteiger partial charge in [0, 0.05) is 29.2 Å². The van der Waals surface area contributed by atoms with E-state index in [4.69, 9.17) is 5.73 Å². The third-order valence-electron chi connectivity index (χ3n) is 3.97. The molecule has 19 heavy (non-hydrogen) atoms. The van der Waals surface area contributed by atoms with Crippen LogP contribution < -0.4 is 11.1 Å². The predicted molar refractivity (Wildman–Crippen MR) is 76.0 cm³/mol. The highest BCUT2D eigenvalue weighted by molar-refractivity contribution is 6.06. The van der Waals surface area contributed by atoms with Gasteiger partial charge in [-0.2, -0.15) is 0 Å². The second-order valence-electron chi connectivity index (χ2n) is 5.28. The lowest BCUT2D eigenvalue weighted by Gasteiger charge is -2.29. The zero-order valence-corrected chi connectivity index (χ0v) is 10.9. The smallest absolute Gasteiger partial charge is 0.253 e. The van der Waals surface area contributed by atoms with E-state index in [1.807, 2.05) is 24.3 Å². The molecule has 1 heterocycles. The first kappa shape index (κ1) is 12.2. The standard InChI is InChI=1S/C15H19N3O/c16-12-6-2-4-8-14(12)18-15(19)11-9-17-13-7-3-1-5-10(11)13/h1,3,5,7,9,12,14,17H,2,4,6,8,16H2,(H,18,19)/t12-,14-/m1/s1. The lowest BCUT2D eigenvalue weighted by atomic mass is 9.91. The first-order chi connectivity index (χ1) is 9.25. The Morgan fingerprint density at radius 3 is 2.89 bits per heavy atom.